The van der Waals surface area contributed by atoms with Gasteiger partial charge in [-0.05, 0) is 28.5 Å². The fourth-order valence-corrected chi connectivity index (χ4v) is 1.37. The first-order valence-electron chi connectivity index (χ1n) is 4.60. The molecule has 0 amide bonds. The van der Waals surface area contributed by atoms with Gasteiger partial charge < -0.3 is 11.2 Å². The summed E-state index contributed by atoms with van der Waals surface area (Å²) >= 11 is 5.84. The second-order valence-electron chi connectivity index (χ2n) is 3.08. The Kier molecular flexibility index (Phi) is 3.22. The van der Waals surface area contributed by atoms with Crippen molar-refractivity contribution in [2.24, 2.45) is 10.8 Å². The molecule has 8 heteroatoms. The number of hydrogen-bond acceptors (Lipinski definition) is 6. The Morgan fingerprint density at radius 2 is 2.24 bits per heavy atom. The van der Waals surface area contributed by atoms with Crippen molar-refractivity contribution in [1.82, 2.24) is 15.7 Å². The van der Waals surface area contributed by atoms with E-state index >= 15 is 0 Å². The van der Waals surface area contributed by atoms with Crippen LogP contribution in [0.15, 0.2) is 33.9 Å². The summed E-state index contributed by atoms with van der Waals surface area (Å²) in [5, 5.41) is 7.59. The van der Waals surface area contributed by atoms with Crippen LogP contribution >= 0.6 is 11.6 Å². The lowest BCUT2D eigenvalue weighted by atomic mass is 10.3. The fourth-order valence-electron chi connectivity index (χ4n) is 1.19. The van der Waals surface area contributed by atoms with Gasteiger partial charge in [0.05, 0.1) is 5.69 Å². The van der Waals surface area contributed by atoms with E-state index in [9.17, 15) is 0 Å². The van der Waals surface area contributed by atoms with Crippen LogP contribution < -0.4 is 17.0 Å². The lowest BCUT2D eigenvalue weighted by Crippen LogP contribution is -2.31. The average Bonchev–Trinajstić information content (AvgIpc) is 2.72. The molecule has 7 nitrogen and oxygen atoms in total. The maximum Gasteiger partial charge on any atom is 0.199 e. The molecular formula is C9H9ClN6O. The molecule has 1 aromatic carbocycles. The molecule has 5 N–H and O–H groups in total. The van der Waals surface area contributed by atoms with Crippen molar-refractivity contribution in [3.05, 3.63) is 35.0 Å². The summed E-state index contributed by atoms with van der Waals surface area (Å²) in [4.78, 5) is 4.19. The number of halogens is 1. The smallest absolute Gasteiger partial charge is 0.199 e. The summed E-state index contributed by atoms with van der Waals surface area (Å²) < 4.78 is 4.46. The second-order valence-corrected chi connectivity index (χ2v) is 3.52. The molecule has 1 aromatic heterocycles. The van der Waals surface area contributed by atoms with Gasteiger partial charge in [0.1, 0.15) is 0 Å². The van der Waals surface area contributed by atoms with E-state index in [2.05, 4.69) is 25.4 Å². The minimum Gasteiger partial charge on any atom is -0.379 e. The maximum atomic E-state index is 5.84. The predicted molar refractivity (Wildman–Crippen MR) is 63.7 cm³/mol. The van der Waals surface area contributed by atoms with Gasteiger partial charge in [-0.15, -0.1) is 0 Å². The van der Waals surface area contributed by atoms with Gasteiger partial charge in [0.15, 0.2) is 17.3 Å². The molecule has 0 atom stereocenters. The summed E-state index contributed by atoms with van der Waals surface area (Å²) in [5.41, 5.74) is 8.76. The summed E-state index contributed by atoms with van der Waals surface area (Å²) in [5.74, 6) is 5.68. The number of nitrogens with one attached hydrogen (secondary N) is 1. The largest absolute Gasteiger partial charge is 0.379 e. The van der Waals surface area contributed by atoms with Crippen LogP contribution in [0.5, 0.6) is 0 Å². The molecule has 0 saturated heterocycles. The highest BCUT2D eigenvalue weighted by Gasteiger charge is 2.12. The number of nitrogens with zero attached hydrogens (tertiary/aromatic N) is 3. The van der Waals surface area contributed by atoms with Crippen molar-refractivity contribution in [3.8, 4) is 0 Å². The van der Waals surface area contributed by atoms with Gasteiger partial charge >= 0.3 is 0 Å². The Labute approximate surface area is 101 Å². The topological polar surface area (TPSA) is 115 Å². The molecule has 0 spiro atoms. The van der Waals surface area contributed by atoms with Crippen molar-refractivity contribution in [3.63, 3.8) is 0 Å². The molecule has 2 aromatic rings. The summed E-state index contributed by atoms with van der Waals surface area (Å²) in [7, 11) is 0. The van der Waals surface area contributed by atoms with Gasteiger partial charge in [-0.1, -0.05) is 17.7 Å². The third kappa shape index (κ3) is 2.52. The van der Waals surface area contributed by atoms with E-state index in [-0.39, 0.29) is 17.3 Å². The van der Waals surface area contributed by atoms with Crippen LogP contribution in [0, 0.1) is 0 Å². The molecule has 0 aliphatic carbocycles. The zero-order chi connectivity index (χ0) is 12.3. The molecule has 0 aliphatic heterocycles. The second kappa shape index (κ2) is 4.81. The van der Waals surface area contributed by atoms with Crippen LogP contribution in [0.1, 0.15) is 5.69 Å². The zero-order valence-corrected chi connectivity index (χ0v) is 9.35. The molecule has 0 saturated carbocycles. The van der Waals surface area contributed by atoms with Gasteiger partial charge in [0, 0.05) is 5.02 Å². The first kappa shape index (κ1) is 11.4. The summed E-state index contributed by atoms with van der Waals surface area (Å²) in [6, 6.07) is 6.93. The van der Waals surface area contributed by atoms with Gasteiger partial charge in [0.2, 0.25) is 0 Å². The quantitative estimate of drug-likeness (QED) is 0.316. The standard InChI is InChI=1S/C9H9ClN6O/c10-5-2-1-3-6(4-5)13-9(14-12)7-8(11)16-17-15-7/h1-4H,12H2,(H2,11,16)(H,13,14). The number of hydrogen-bond donors (Lipinski definition) is 3. The normalized spacial score (nSPS) is 11.5. The molecular weight excluding hydrogens is 244 g/mol. The molecule has 2 rings (SSSR count). The highest BCUT2D eigenvalue weighted by molar-refractivity contribution is 6.30. The van der Waals surface area contributed by atoms with E-state index in [4.69, 9.17) is 23.2 Å². The van der Waals surface area contributed by atoms with Crippen molar-refractivity contribution in [2.45, 2.75) is 0 Å². The predicted octanol–water partition coefficient (Wildman–Crippen LogP) is 0.847. The minimum absolute atomic E-state index is 0.101. The van der Waals surface area contributed by atoms with E-state index in [1.54, 1.807) is 24.3 Å². The Bertz CT molecular complexity index is 552. The first-order chi connectivity index (χ1) is 8.20. The van der Waals surface area contributed by atoms with Gasteiger partial charge in [-0.3, -0.25) is 0 Å². The third-order valence-corrected chi connectivity index (χ3v) is 2.16. The SMILES string of the molecule is NNC(=Nc1cccc(Cl)c1)c1nonc1N. The molecule has 17 heavy (non-hydrogen) atoms. The van der Waals surface area contributed by atoms with E-state index in [1.165, 1.54) is 0 Å². The average molecular weight is 253 g/mol. The number of amidine groups is 1. The molecule has 0 unspecified atom stereocenters. The molecule has 0 bridgehead atoms. The van der Waals surface area contributed by atoms with Crippen molar-refractivity contribution in [2.75, 3.05) is 5.73 Å². The number of aromatic nitrogens is 2. The lowest BCUT2D eigenvalue weighted by Gasteiger charge is -2.02. The Hall–Kier alpha value is -2.12. The van der Waals surface area contributed by atoms with Crippen LogP contribution in [-0.2, 0) is 0 Å². The van der Waals surface area contributed by atoms with Crippen LogP contribution in [-0.4, -0.2) is 16.1 Å². The van der Waals surface area contributed by atoms with Crippen LogP contribution in [0.3, 0.4) is 0 Å². The molecule has 0 fully saturated rings. The fraction of sp³-hybridized carbons (Fsp3) is 0. The van der Waals surface area contributed by atoms with E-state index in [0.717, 1.165) is 0 Å². The van der Waals surface area contributed by atoms with Crippen LogP contribution in [0.25, 0.3) is 0 Å². The Balaban J connectivity index is 2.40. The van der Waals surface area contributed by atoms with E-state index in [0.29, 0.717) is 10.7 Å². The summed E-state index contributed by atoms with van der Waals surface area (Å²) in [6.45, 7) is 0. The van der Waals surface area contributed by atoms with Gasteiger partial charge in [-0.25, -0.2) is 15.5 Å². The van der Waals surface area contributed by atoms with Gasteiger partial charge in [-0.2, -0.15) is 0 Å². The number of aliphatic imine (C=N–C) groups is 1. The minimum atomic E-state index is 0.101. The van der Waals surface area contributed by atoms with Gasteiger partial charge in [0.25, 0.3) is 0 Å². The number of benzene rings is 1. The number of nitrogens with two attached hydrogens (primary N) is 2. The molecule has 1 heterocycles. The highest BCUT2D eigenvalue weighted by atomic mass is 35.5. The summed E-state index contributed by atoms with van der Waals surface area (Å²) in [6.07, 6.45) is 0. The zero-order valence-electron chi connectivity index (χ0n) is 8.59. The highest BCUT2D eigenvalue weighted by Crippen LogP contribution is 2.19. The van der Waals surface area contributed by atoms with Crippen LogP contribution in [0.4, 0.5) is 11.5 Å². The molecule has 0 radical (unpaired) electrons. The van der Waals surface area contributed by atoms with E-state index in [1.807, 2.05) is 0 Å². The maximum absolute atomic E-state index is 5.84. The van der Waals surface area contributed by atoms with Crippen molar-refractivity contribution >= 4 is 28.9 Å². The number of rotatable bonds is 2. The van der Waals surface area contributed by atoms with E-state index < -0.39 is 0 Å². The number of hydrazine groups is 1. The number of nitrogen functional groups attached to an aromatic ring is 1. The first-order valence-corrected chi connectivity index (χ1v) is 4.98. The molecule has 88 valence electrons. The monoisotopic (exact) mass is 252 g/mol. The third-order valence-electron chi connectivity index (χ3n) is 1.92. The lowest BCUT2D eigenvalue weighted by molar-refractivity contribution is 0.308. The van der Waals surface area contributed by atoms with Crippen molar-refractivity contribution in [1.29, 1.82) is 0 Å². The number of anilines is 1. The molecule has 0 aliphatic rings. The van der Waals surface area contributed by atoms with Crippen LogP contribution in [0.2, 0.25) is 5.02 Å². The Morgan fingerprint density at radius 1 is 1.41 bits per heavy atom. The van der Waals surface area contributed by atoms with Crippen molar-refractivity contribution < 1.29 is 4.63 Å². The Morgan fingerprint density at radius 3 is 2.82 bits per heavy atom.